The third-order valence-corrected chi connectivity index (χ3v) is 6.92. The molecule has 0 fully saturated rings. The number of anilines is 2. The number of carbonyl (C=O) groups is 1. The van der Waals surface area contributed by atoms with Crippen LogP contribution in [-0.2, 0) is 7.05 Å². The first-order chi connectivity index (χ1) is 19.4. The van der Waals surface area contributed by atoms with E-state index in [1.807, 2.05) is 85.8 Å². The molecule has 0 aliphatic heterocycles. The standard InChI is InChI=1S/C30H27N7O3/c1-4-40-21-16-14-19(15-17-21)36-27(31)24(26-28(36)33-23-13-9-8-12-22(23)32-26)29(38)34-25-18(2)35(3)37(30(25)39)20-10-6-5-7-11-20/h5-17H,4,31H2,1-3H3,(H,34,38). The molecule has 10 nitrogen and oxygen atoms in total. The van der Waals surface area contributed by atoms with Crippen LogP contribution < -0.4 is 21.3 Å². The van der Waals surface area contributed by atoms with Crippen LogP contribution in [0.5, 0.6) is 5.75 Å². The molecular weight excluding hydrogens is 506 g/mol. The van der Waals surface area contributed by atoms with E-state index in [-0.39, 0.29) is 22.6 Å². The number of benzene rings is 3. The van der Waals surface area contributed by atoms with Crippen molar-refractivity contribution in [1.29, 1.82) is 0 Å². The van der Waals surface area contributed by atoms with Crippen LogP contribution in [0.25, 0.3) is 33.6 Å². The molecule has 0 aliphatic rings. The van der Waals surface area contributed by atoms with E-state index in [1.54, 1.807) is 23.2 Å². The number of rotatable bonds is 6. The highest BCUT2D eigenvalue weighted by molar-refractivity contribution is 6.16. The van der Waals surface area contributed by atoms with E-state index in [0.29, 0.717) is 51.6 Å². The first-order valence-electron chi connectivity index (χ1n) is 12.8. The van der Waals surface area contributed by atoms with E-state index in [4.69, 9.17) is 20.4 Å². The molecule has 0 bridgehead atoms. The minimum Gasteiger partial charge on any atom is -0.494 e. The molecule has 0 saturated heterocycles. The normalized spacial score (nSPS) is 11.3. The molecule has 0 spiro atoms. The van der Waals surface area contributed by atoms with E-state index in [1.165, 1.54) is 4.68 Å². The largest absolute Gasteiger partial charge is 0.494 e. The minimum atomic E-state index is -0.553. The number of para-hydroxylation sites is 3. The predicted molar refractivity (Wildman–Crippen MR) is 156 cm³/mol. The maximum atomic E-state index is 13.9. The number of hydrogen-bond donors (Lipinski definition) is 2. The summed E-state index contributed by atoms with van der Waals surface area (Å²) >= 11 is 0. The molecule has 0 aliphatic carbocycles. The molecule has 3 N–H and O–H groups in total. The number of nitrogens with one attached hydrogen (secondary N) is 1. The van der Waals surface area contributed by atoms with Gasteiger partial charge in [0.15, 0.2) is 5.65 Å². The summed E-state index contributed by atoms with van der Waals surface area (Å²) in [5.74, 6) is 0.316. The highest BCUT2D eigenvalue weighted by atomic mass is 16.5. The van der Waals surface area contributed by atoms with Crippen molar-refractivity contribution in [2.75, 3.05) is 17.7 Å². The summed E-state index contributed by atoms with van der Waals surface area (Å²) in [4.78, 5) is 36.9. The molecule has 3 aromatic carbocycles. The summed E-state index contributed by atoms with van der Waals surface area (Å²) in [6.45, 7) is 4.23. The molecule has 1 amide bonds. The van der Waals surface area contributed by atoms with E-state index < -0.39 is 5.91 Å². The molecule has 6 aromatic rings. The van der Waals surface area contributed by atoms with Gasteiger partial charge in [0.2, 0.25) is 0 Å². The number of hydrogen-bond acceptors (Lipinski definition) is 6. The van der Waals surface area contributed by atoms with Gasteiger partial charge < -0.3 is 15.8 Å². The van der Waals surface area contributed by atoms with E-state index in [2.05, 4.69) is 5.32 Å². The summed E-state index contributed by atoms with van der Waals surface area (Å²) in [5, 5.41) is 2.82. The SMILES string of the molecule is CCOc1ccc(-n2c(N)c(C(=O)Nc3c(C)n(C)n(-c4ccccc4)c3=O)c3nc4ccccc4nc32)cc1. The minimum absolute atomic E-state index is 0.135. The van der Waals surface area contributed by atoms with Crippen LogP contribution in [-0.4, -0.2) is 36.4 Å². The van der Waals surface area contributed by atoms with Crippen molar-refractivity contribution in [3.05, 3.63) is 100 Å². The summed E-state index contributed by atoms with van der Waals surface area (Å²) in [7, 11) is 1.77. The van der Waals surface area contributed by atoms with Gasteiger partial charge in [-0.2, -0.15) is 0 Å². The van der Waals surface area contributed by atoms with Gasteiger partial charge in [-0.15, -0.1) is 0 Å². The molecule has 6 rings (SSSR count). The van der Waals surface area contributed by atoms with Crippen LogP contribution in [0.2, 0.25) is 0 Å². The second-order valence-electron chi connectivity index (χ2n) is 9.30. The first kappa shape index (κ1) is 24.9. The zero-order chi connectivity index (χ0) is 28.0. The molecule has 10 heteroatoms. The zero-order valence-corrected chi connectivity index (χ0v) is 22.3. The Balaban J connectivity index is 1.51. The maximum Gasteiger partial charge on any atom is 0.295 e. The van der Waals surface area contributed by atoms with Crippen LogP contribution >= 0.6 is 0 Å². The fraction of sp³-hybridized carbons (Fsp3) is 0.133. The van der Waals surface area contributed by atoms with Gasteiger partial charge in [-0.1, -0.05) is 30.3 Å². The first-order valence-corrected chi connectivity index (χ1v) is 12.8. The van der Waals surface area contributed by atoms with Crippen molar-refractivity contribution in [3.63, 3.8) is 0 Å². The van der Waals surface area contributed by atoms with E-state index in [9.17, 15) is 9.59 Å². The molecule has 0 saturated carbocycles. The molecular formula is C30H27N7O3. The zero-order valence-electron chi connectivity index (χ0n) is 22.3. The number of amides is 1. The third-order valence-electron chi connectivity index (χ3n) is 6.92. The number of nitrogen functional groups attached to an aromatic ring is 1. The lowest BCUT2D eigenvalue weighted by Crippen LogP contribution is -2.23. The van der Waals surface area contributed by atoms with Crippen LogP contribution in [0.3, 0.4) is 0 Å². The number of nitrogens with zero attached hydrogens (tertiary/aromatic N) is 5. The number of nitrogens with two attached hydrogens (primary N) is 1. The average Bonchev–Trinajstić information content (AvgIpc) is 3.36. The Hall–Kier alpha value is -5.38. The van der Waals surface area contributed by atoms with Crippen molar-refractivity contribution in [1.82, 2.24) is 23.9 Å². The highest BCUT2D eigenvalue weighted by Crippen LogP contribution is 2.32. The predicted octanol–water partition coefficient (Wildman–Crippen LogP) is 4.60. The van der Waals surface area contributed by atoms with Gasteiger partial charge in [0.05, 0.1) is 29.0 Å². The Kier molecular flexibility index (Phi) is 6.07. The van der Waals surface area contributed by atoms with Gasteiger partial charge in [-0.05, 0) is 62.4 Å². The fourth-order valence-corrected chi connectivity index (χ4v) is 4.89. The lowest BCUT2D eigenvalue weighted by Gasteiger charge is -2.09. The number of aromatic nitrogens is 5. The monoisotopic (exact) mass is 533 g/mol. The van der Waals surface area contributed by atoms with Gasteiger partial charge in [-0.3, -0.25) is 18.8 Å². The summed E-state index contributed by atoms with van der Waals surface area (Å²) < 4.78 is 10.5. The van der Waals surface area contributed by atoms with Crippen LogP contribution in [0, 0.1) is 6.92 Å². The smallest absolute Gasteiger partial charge is 0.295 e. The number of ether oxygens (including phenoxy) is 1. The molecule has 0 unspecified atom stereocenters. The second-order valence-corrected chi connectivity index (χ2v) is 9.30. The van der Waals surface area contributed by atoms with Crippen molar-refractivity contribution in [2.45, 2.75) is 13.8 Å². The maximum absolute atomic E-state index is 13.9. The Morgan fingerprint density at radius 2 is 1.57 bits per heavy atom. The lowest BCUT2D eigenvalue weighted by atomic mass is 10.2. The summed E-state index contributed by atoms with van der Waals surface area (Å²) in [6, 6.07) is 24.0. The summed E-state index contributed by atoms with van der Waals surface area (Å²) in [6.07, 6.45) is 0. The Labute approximate surface area is 229 Å². The molecule has 3 aromatic heterocycles. The van der Waals surface area contributed by atoms with Crippen molar-refractivity contribution < 1.29 is 9.53 Å². The van der Waals surface area contributed by atoms with Gasteiger partial charge >= 0.3 is 0 Å². The van der Waals surface area contributed by atoms with Gasteiger partial charge in [0.25, 0.3) is 11.5 Å². The second kappa shape index (κ2) is 9.73. The van der Waals surface area contributed by atoms with Crippen molar-refractivity contribution in [3.8, 4) is 17.1 Å². The third kappa shape index (κ3) is 3.97. The van der Waals surface area contributed by atoms with Gasteiger partial charge in [0.1, 0.15) is 28.3 Å². The van der Waals surface area contributed by atoms with Gasteiger partial charge in [0, 0.05) is 12.7 Å². The summed E-state index contributed by atoms with van der Waals surface area (Å²) in [5.41, 5.74) is 10.6. The molecule has 40 heavy (non-hydrogen) atoms. The highest BCUT2D eigenvalue weighted by Gasteiger charge is 2.27. The van der Waals surface area contributed by atoms with Crippen molar-refractivity contribution >= 4 is 39.6 Å². The molecule has 3 heterocycles. The molecule has 0 radical (unpaired) electrons. The topological polar surface area (TPSA) is 122 Å². The quantitative estimate of drug-likeness (QED) is 0.323. The molecule has 200 valence electrons. The van der Waals surface area contributed by atoms with Crippen LogP contribution in [0.4, 0.5) is 11.5 Å². The number of carbonyl (C=O) groups excluding carboxylic acids is 1. The van der Waals surface area contributed by atoms with E-state index >= 15 is 0 Å². The Bertz CT molecular complexity index is 1950. The molecule has 0 atom stereocenters. The lowest BCUT2D eigenvalue weighted by molar-refractivity contribution is 0.102. The average molecular weight is 534 g/mol. The Morgan fingerprint density at radius 1 is 0.925 bits per heavy atom. The van der Waals surface area contributed by atoms with Gasteiger partial charge in [-0.25, -0.2) is 14.6 Å². The van der Waals surface area contributed by atoms with E-state index in [0.717, 1.165) is 0 Å². The Morgan fingerprint density at radius 3 is 2.25 bits per heavy atom. The fourth-order valence-electron chi connectivity index (χ4n) is 4.89. The van der Waals surface area contributed by atoms with Crippen molar-refractivity contribution in [2.24, 2.45) is 7.05 Å². The van der Waals surface area contributed by atoms with Crippen LogP contribution in [0.15, 0.2) is 83.7 Å². The van der Waals surface area contributed by atoms with Crippen LogP contribution in [0.1, 0.15) is 23.0 Å². The number of fused-ring (bicyclic) bond motifs is 2.